The van der Waals surface area contributed by atoms with Crippen molar-refractivity contribution in [3.8, 4) is 0 Å². The fourth-order valence-corrected chi connectivity index (χ4v) is 2.88. The van der Waals surface area contributed by atoms with Crippen LogP contribution in [0.2, 0.25) is 0 Å². The van der Waals surface area contributed by atoms with E-state index in [4.69, 9.17) is 10.5 Å². The number of nitrogens with zero attached hydrogens (tertiary/aromatic N) is 3. The van der Waals surface area contributed by atoms with Crippen LogP contribution in [0.25, 0.3) is 0 Å². The van der Waals surface area contributed by atoms with E-state index in [2.05, 4.69) is 9.88 Å². The van der Waals surface area contributed by atoms with Crippen LogP contribution in [0.15, 0.2) is 54.7 Å². The Hall–Kier alpha value is -2.15. The van der Waals surface area contributed by atoms with Crippen LogP contribution in [-0.2, 0) is 16.1 Å². The van der Waals surface area contributed by atoms with Gasteiger partial charge in [-0.2, -0.15) is 0 Å². The first kappa shape index (κ1) is 20.2. The van der Waals surface area contributed by atoms with E-state index in [9.17, 15) is 4.79 Å². The average Bonchev–Trinajstić information content (AvgIpc) is 2.69. The van der Waals surface area contributed by atoms with E-state index in [1.165, 1.54) is 0 Å². The number of nitrogens with two attached hydrogens (primary N) is 1. The van der Waals surface area contributed by atoms with Crippen molar-refractivity contribution in [1.29, 1.82) is 0 Å². The lowest BCUT2D eigenvalue weighted by molar-refractivity contribution is -0.134. The smallest absolute Gasteiger partial charge is 0.241 e. The summed E-state index contributed by atoms with van der Waals surface area (Å²) in [5.41, 5.74) is 7.09. The van der Waals surface area contributed by atoms with Crippen molar-refractivity contribution in [2.75, 3.05) is 37.7 Å². The van der Waals surface area contributed by atoms with Crippen LogP contribution < -0.4 is 10.6 Å². The standard InChI is InChI=1S/C19H24N4O2.ClH/c20-17(15-25-14-16-6-2-1-3-7-16)19(24)23-12-10-22(11-13-23)18-8-4-5-9-21-18;/h1-9,17H,10-15,20H2;1H/t17-;/m1./s1. The maximum Gasteiger partial charge on any atom is 0.241 e. The molecule has 0 aliphatic carbocycles. The van der Waals surface area contributed by atoms with Gasteiger partial charge in [0.1, 0.15) is 11.9 Å². The molecule has 2 heterocycles. The molecule has 140 valence electrons. The number of benzene rings is 1. The summed E-state index contributed by atoms with van der Waals surface area (Å²) < 4.78 is 5.59. The summed E-state index contributed by atoms with van der Waals surface area (Å²) in [5.74, 6) is 0.902. The second-order valence-corrected chi connectivity index (χ2v) is 6.11. The highest BCUT2D eigenvalue weighted by Crippen LogP contribution is 2.13. The zero-order valence-corrected chi connectivity index (χ0v) is 15.5. The molecule has 26 heavy (non-hydrogen) atoms. The maximum absolute atomic E-state index is 12.5. The number of carbonyl (C=O) groups is 1. The normalized spacial score (nSPS) is 15.3. The Morgan fingerprint density at radius 2 is 1.77 bits per heavy atom. The lowest BCUT2D eigenvalue weighted by Gasteiger charge is -2.36. The summed E-state index contributed by atoms with van der Waals surface area (Å²) in [6, 6.07) is 15.1. The first-order valence-corrected chi connectivity index (χ1v) is 8.56. The van der Waals surface area contributed by atoms with Crippen molar-refractivity contribution in [1.82, 2.24) is 9.88 Å². The second-order valence-electron chi connectivity index (χ2n) is 6.11. The van der Waals surface area contributed by atoms with E-state index >= 15 is 0 Å². The van der Waals surface area contributed by atoms with E-state index in [0.717, 1.165) is 24.5 Å². The van der Waals surface area contributed by atoms with E-state index in [0.29, 0.717) is 19.7 Å². The summed E-state index contributed by atoms with van der Waals surface area (Å²) in [6.07, 6.45) is 1.78. The summed E-state index contributed by atoms with van der Waals surface area (Å²) in [7, 11) is 0. The summed E-state index contributed by atoms with van der Waals surface area (Å²) in [5, 5.41) is 0. The largest absolute Gasteiger partial charge is 0.375 e. The third-order valence-electron chi connectivity index (χ3n) is 4.29. The number of piperazine rings is 1. The molecule has 0 saturated carbocycles. The van der Waals surface area contributed by atoms with Gasteiger partial charge in [-0.05, 0) is 17.7 Å². The highest BCUT2D eigenvalue weighted by molar-refractivity contribution is 5.85. The van der Waals surface area contributed by atoms with Gasteiger partial charge >= 0.3 is 0 Å². The van der Waals surface area contributed by atoms with E-state index in [1.807, 2.05) is 53.4 Å². The lowest BCUT2D eigenvalue weighted by atomic mass is 10.2. The number of halogens is 1. The van der Waals surface area contributed by atoms with Gasteiger partial charge in [0.05, 0.1) is 13.2 Å². The predicted octanol–water partition coefficient (Wildman–Crippen LogP) is 1.70. The summed E-state index contributed by atoms with van der Waals surface area (Å²) in [6.45, 7) is 3.54. The molecule has 7 heteroatoms. The quantitative estimate of drug-likeness (QED) is 0.830. The molecule has 1 fully saturated rings. The van der Waals surface area contributed by atoms with Gasteiger partial charge in [0.25, 0.3) is 0 Å². The number of aromatic nitrogens is 1. The molecule has 1 saturated heterocycles. The fourth-order valence-electron chi connectivity index (χ4n) is 2.88. The van der Waals surface area contributed by atoms with E-state index < -0.39 is 6.04 Å². The zero-order valence-electron chi connectivity index (χ0n) is 14.7. The van der Waals surface area contributed by atoms with Gasteiger partial charge in [-0.3, -0.25) is 4.79 Å². The molecule has 0 bridgehead atoms. The van der Waals surface area contributed by atoms with Crippen molar-refractivity contribution < 1.29 is 9.53 Å². The molecule has 3 rings (SSSR count). The molecule has 0 unspecified atom stereocenters. The number of rotatable bonds is 6. The topological polar surface area (TPSA) is 71.7 Å². The predicted molar refractivity (Wildman–Crippen MR) is 104 cm³/mol. The van der Waals surface area contributed by atoms with Gasteiger partial charge in [-0.1, -0.05) is 36.4 Å². The molecule has 1 atom stereocenters. The Morgan fingerprint density at radius 3 is 2.42 bits per heavy atom. The van der Waals surface area contributed by atoms with Gasteiger partial charge < -0.3 is 20.3 Å². The molecule has 0 radical (unpaired) electrons. The van der Waals surface area contributed by atoms with Gasteiger partial charge in [0, 0.05) is 32.4 Å². The van der Waals surface area contributed by atoms with Crippen molar-refractivity contribution in [3.63, 3.8) is 0 Å². The Kier molecular flexibility index (Phi) is 7.84. The molecule has 1 amide bonds. The van der Waals surface area contributed by atoms with E-state index in [-0.39, 0.29) is 24.9 Å². The van der Waals surface area contributed by atoms with Crippen LogP contribution in [0.4, 0.5) is 5.82 Å². The Bertz CT molecular complexity index is 664. The number of amides is 1. The van der Waals surface area contributed by atoms with Crippen LogP contribution in [0.1, 0.15) is 5.56 Å². The van der Waals surface area contributed by atoms with Crippen LogP contribution in [0.5, 0.6) is 0 Å². The SMILES string of the molecule is Cl.N[C@H](COCc1ccccc1)C(=O)N1CCN(c2ccccn2)CC1. The minimum atomic E-state index is -0.620. The minimum Gasteiger partial charge on any atom is -0.375 e. The monoisotopic (exact) mass is 376 g/mol. The van der Waals surface area contributed by atoms with Gasteiger partial charge in [-0.15, -0.1) is 12.4 Å². The zero-order chi connectivity index (χ0) is 17.5. The molecular weight excluding hydrogens is 352 g/mol. The Balaban J connectivity index is 0.00000243. The third-order valence-corrected chi connectivity index (χ3v) is 4.29. The van der Waals surface area contributed by atoms with E-state index in [1.54, 1.807) is 6.20 Å². The van der Waals surface area contributed by atoms with Gasteiger partial charge in [0.2, 0.25) is 5.91 Å². The van der Waals surface area contributed by atoms with Crippen molar-refractivity contribution in [2.45, 2.75) is 12.6 Å². The number of carbonyl (C=O) groups excluding carboxylic acids is 1. The molecule has 2 N–H and O–H groups in total. The van der Waals surface area contributed by atoms with Crippen LogP contribution >= 0.6 is 12.4 Å². The fraction of sp³-hybridized carbons (Fsp3) is 0.368. The number of hydrogen-bond donors (Lipinski definition) is 1. The van der Waals surface area contributed by atoms with Gasteiger partial charge in [-0.25, -0.2) is 4.98 Å². The van der Waals surface area contributed by atoms with Crippen LogP contribution in [0.3, 0.4) is 0 Å². The molecular formula is C19H25ClN4O2. The van der Waals surface area contributed by atoms with Crippen molar-refractivity contribution in [2.24, 2.45) is 5.73 Å². The average molecular weight is 377 g/mol. The van der Waals surface area contributed by atoms with Gasteiger partial charge in [0.15, 0.2) is 0 Å². The van der Waals surface area contributed by atoms with Crippen molar-refractivity contribution >= 4 is 24.1 Å². The molecule has 1 aliphatic rings. The molecule has 0 spiro atoms. The molecule has 1 aromatic carbocycles. The lowest BCUT2D eigenvalue weighted by Crippen LogP contribution is -2.54. The number of pyridine rings is 1. The second kappa shape index (κ2) is 10.1. The highest BCUT2D eigenvalue weighted by Gasteiger charge is 2.25. The molecule has 1 aromatic heterocycles. The first-order valence-electron chi connectivity index (χ1n) is 8.56. The molecule has 2 aromatic rings. The molecule has 6 nitrogen and oxygen atoms in total. The summed E-state index contributed by atoms with van der Waals surface area (Å²) >= 11 is 0. The number of hydrogen-bond acceptors (Lipinski definition) is 5. The number of ether oxygens (including phenoxy) is 1. The first-order chi connectivity index (χ1) is 12.2. The van der Waals surface area contributed by atoms with Crippen LogP contribution in [0, 0.1) is 0 Å². The third kappa shape index (κ3) is 5.42. The highest BCUT2D eigenvalue weighted by atomic mass is 35.5. The number of anilines is 1. The van der Waals surface area contributed by atoms with Crippen molar-refractivity contribution in [3.05, 3.63) is 60.3 Å². The minimum absolute atomic E-state index is 0. The van der Waals surface area contributed by atoms with Crippen LogP contribution in [-0.4, -0.2) is 54.6 Å². The Morgan fingerprint density at radius 1 is 1.08 bits per heavy atom. The maximum atomic E-state index is 12.5. The summed E-state index contributed by atoms with van der Waals surface area (Å²) in [4.78, 5) is 20.8. The molecule has 1 aliphatic heterocycles. The Labute approximate surface area is 160 Å².